The summed E-state index contributed by atoms with van der Waals surface area (Å²) in [6, 6.07) is 12.5. The van der Waals surface area contributed by atoms with Crippen LogP contribution in [0.25, 0.3) is 6.08 Å². The number of morpholine rings is 1. The van der Waals surface area contributed by atoms with Crippen molar-refractivity contribution in [3.8, 4) is 5.75 Å². The second kappa shape index (κ2) is 10.1. The first-order valence-electron chi connectivity index (χ1n) is 10.9. The van der Waals surface area contributed by atoms with Gasteiger partial charge in [0.15, 0.2) is 11.7 Å². The molecule has 0 saturated carbocycles. The number of rotatable bonds is 5. The fourth-order valence-electron chi connectivity index (χ4n) is 3.85. The van der Waals surface area contributed by atoms with Crippen molar-refractivity contribution in [3.63, 3.8) is 0 Å². The van der Waals surface area contributed by atoms with Crippen molar-refractivity contribution in [2.24, 2.45) is 0 Å². The molecule has 2 fully saturated rings. The molecule has 0 unspecified atom stereocenters. The number of amides is 3. The Labute approximate surface area is 203 Å². The molecule has 2 aromatic carbocycles. The second-order valence-electron chi connectivity index (χ2n) is 8.15. The molecule has 3 amide bonds. The van der Waals surface area contributed by atoms with Gasteiger partial charge in [0.05, 0.1) is 18.9 Å². The van der Waals surface area contributed by atoms with Crippen LogP contribution in [0.3, 0.4) is 0 Å². The summed E-state index contributed by atoms with van der Waals surface area (Å²) >= 11 is 5.27. The molecule has 8 nitrogen and oxygen atoms in total. The maximum atomic E-state index is 13.2. The fourth-order valence-corrected chi connectivity index (χ4v) is 4.13. The summed E-state index contributed by atoms with van der Waals surface area (Å²) in [6.45, 7) is 5.99. The van der Waals surface area contributed by atoms with Crippen molar-refractivity contribution in [1.82, 2.24) is 10.2 Å². The lowest BCUT2D eigenvalue weighted by atomic mass is 10.1. The molecule has 34 heavy (non-hydrogen) atoms. The normalized spacial score (nSPS) is 17.7. The van der Waals surface area contributed by atoms with Crippen LogP contribution in [0.4, 0.5) is 5.69 Å². The Morgan fingerprint density at radius 2 is 1.74 bits per heavy atom. The monoisotopic (exact) mass is 479 g/mol. The number of carbonyl (C=O) groups excluding carboxylic acids is 3. The smallest absolute Gasteiger partial charge is 0.270 e. The SMILES string of the molecule is Cc1cc(C)cc(N2C(=O)/C(=C/c3ccc(OCC(=O)N4CCOCC4)cc3)C(=O)NC2=S)c1. The highest BCUT2D eigenvalue weighted by atomic mass is 32.1. The summed E-state index contributed by atoms with van der Waals surface area (Å²) in [6.07, 6.45) is 1.51. The zero-order valence-corrected chi connectivity index (χ0v) is 19.8. The lowest BCUT2D eigenvalue weighted by Crippen LogP contribution is -2.54. The Kier molecular flexibility index (Phi) is 7.04. The molecule has 0 radical (unpaired) electrons. The van der Waals surface area contributed by atoms with Crippen LogP contribution in [-0.2, 0) is 19.1 Å². The number of carbonyl (C=O) groups is 3. The molecule has 0 aromatic heterocycles. The van der Waals surface area contributed by atoms with Gasteiger partial charge in [-0.15, -0.1) is 0 Å². The third-order valence-electron chi connectivity index (χ3n) is 5.48. The van der Waals surface area contributed by atoms with Crippen molar-refractivity contribution < 1.29 is 23.9 Å². The number of ether oxygens (including phenoxy) is 2. The van der Waals surface area contributed by atoms with E-state index in [-0.39, 0.29) is 23.2 Å². The van der Waals surface area contributed by atoms with Gasteiger partial charge in [-0.25, -0.2) is 0 Å². The van der Waals surface area contributed by atoms with Gasteiger partial charge in [0.2, 0.25) is 0 Å². The predicted molar refractivity (Wildman–Crippen MR) is 131 cm³/mol. The van der Waals surface area contributed by atoms with Crippen molar-refractivity contribution in [1.29, 1.82) is 0 Å². The number of nitrogens with one attached hydrogen (secondary N) is 1. The Hall–Kier alpha value is -3.56. The minimum atomic E-state index is -0.549. The van der Waals surface area contributed by atoms with Gasteiger partial charge < -0.3 is 14.4 Å². The average molecular weight is 480 g/mol. The molecule has 0 spiro atoms. The summed E-state index contributed by atoms with van der Waals surface area (Å²) in [7, 11) is 0. The topological polar surface area (TPSA) is 88.2 Å². The van der Waals surface area contributed by atoms with E-state index >= 15 is 0 Å². The van der Waals surface area contributed by atoms with Crippen LogP contribution < -0.4 is 15.0 Å². The maximum Gasteiger partial charge on any atom is 0.270 e. The molecule has 2 saturated heterocycles. The van der Waals surface area contributed by atoms with Crippen LogP contribution >= 0.6 is 12.2 Å². The van der Waals surface area contributed by atoms with Gasteiger partial charge in [-0.3, -0.25) is 24.6 Å². The predicted octanol–water partition coefficient (Wildman–Crippen LogP) is 2.37. The summed E-state index contributed by atoms with van der Waals surface area (Å²) in [5, 5.41) is 2.64. The molecular formula is C25H25N3O5S. The third-order valence-corrected chi connectivity index (χ3v) is 5.77. The first-order chi connectivity index (χ1) is 16.3. The molecule has 2 aliphatic rings. The molecule has 1 N–H and O–H groups in total. The largest absolute Gasteiger partial charge is 0.484 e. The molecule has 9 heteroatoms. The lowest BCUT2D eigenvalue weighted by molar-refractivity contribution is -0.137. The van der Waals surface area contributed by atoms with Crippen LogP contribution in [0.5, 0.6) is 5.75 Å². The van der Waals surface area contributed by atoms with Crippen LogP contribution in [0.15, 0.2) is 48.0 Å². The van der Waals surface area contributed by atoms with Gasteiger partial charge in [0, 0.05) is 13.1 Å². The maximum absolute atomic E-state index is 13.2. The highest BCUT2D eigenvalue weighted by Crippen LogP contribution is 2.25. The Morgan fingerprint density at radius 1 is 1.09 bits per heavy atom. The summed E-state index contributed by atoms with van der Waals surface area (Å²) in [5.74, 6) is -0.620. The zero-order valence-electron chi connectivity index (χ0n) is 19.0. The third kappa shape index (κ3) is 5.32. The van der Waals surface area contributed by atoms with E-state index < -0.39 is 11.8 Å². The Morgan fingerprint density at radius 3 is 2.38 bits per heavy atom. The van der Waals surface area contributed by atoms with Crippen LogP contribution in [-0.4, -0.2) is 60.6 Å². The van der Waals surface area contributed by atoms with Crippen molar-refractivity contribution in [2.45, 2.75) is 13.8 Å². The van der Waals surface area contributed by atoms with Crippen LogP contribution in [0, 0.1) is 13.8 Å². The number of hydrogen-bond donors (Lipinski definition) is 1. The second-order valence-corrected chi connectivity index (χ2v) is 8.54. The molecule has 2 heterocycles. The van der Waals surface area contributed by atoms with E-state index in [4.69, 9.17) is 21.7 Å². The number of hydrogen-bond acceptors (Lipinski definition) is 6. The molecule has 2 aliphatic heterocycles. The van der Waals surface area contributed by atoms with Crippen LogP contribution in [0.2, 0.25) is 0 Å². The number of thiocarbonyl (C=S) groups is 1. The highest BCUT2D eigenvalue weighted by Gasteiger charge is 2.34. The van der Waals surface area contributed by atoms with Gasteiger partial charge in [-0.05, 0) is 73.1 Å². The molecule has 2 aromatic rings. The van der Waals surface area contributed by atoms with E-state index in [0.717, 1.165) is 11.1 Å². The van der Waals surface area contributed by atoms with Gasteiger partial charge in [0.25, 0.3) is 17.7 Å². The van der Waals surface area contributed by atoms with Gasteiger partial charge >= 0.3 is 0 Å². The first-order valence-corrected chi connectivity index (χ1v) is 11.3. The van der Waals surface area contributed by atoms with E-state index in [9.17, 15) is 14.4 Å². The first kappa shape index (κ1) is 23.6. The standard InChI is InChI=1S/C25H25N3O5S/c1-16-11-17(2)13-19(12-16)28-24(31)21(23(30)26-25(28)34)14-18-3-5-20(6-4-18)33-15-22(29)27-7-9-32-10-8-27/h3-6,11-14H,7-10,15H2,1-2H3,(H,26,30,34)/b21-14+. The minimum absolute atomic E-state index is 0.0241. The number of anilines is 1. The van der Waals surface area contributed by atoms with Crippen LogP contribution in [0.1, 0.15) is 16.7 Å². The molecule has 0 aliphatic carbocycles. The zero-order chi connectivity index (χ0) is 24.2. The molecule has 4 rings (SSSR count). The van der Waals surface area contributed by atoms with Gasteiger partial charge in [-0.1, -0.05) is 18.2 Å². The Bertz CT molecular complexity index is 1150. The van der Waals surface area contributed by atoms with Gasteiger partial charge in [0.1, 0.15) is 11.3 Å². The number of benzene rings is 2. The number of aryl methyl sites for hydroxylation is 2. The number of nitrogens with zero attached hydrogens (tertiary/aromatic N) is 2. The van der Waals surface area contributed by atoms with Gasteiger partial charge in [-0.2, -0.15) is 0 Å². The molecule has 176 valence electrons. The lowest BCUT2D eigenvalue weighted by Gasteiger charge is -2.29. The fraction of sp³-hybridized carbons (Fsp3) is 0.280. The van der Waals surface area contributed by atoms with E-state index in [0.29, 0.717) is 43.3 Å². The molecule has 0 atom stereocenters. The van der Waals surface area contributed by atoms with E-state index in [1.54, 1.807) is 29.2 Å². The van der Waals surface area contributed by atoms with Crippen molar-refractivity contribution >= 4 is 46.8 Å². The van der Waals surface area contributed by atoms with Crippen molar-refractivity contribution in [2.75, 3.05) is 37.8 Å². The highest BCUT2D eigenvalue weighted by molar-refractivity contribution is 7.80. The molecular weight excluding hydrogens is 454 g/mol. The van der Waals surface area contributed by atoms with E-state index in [1.165, 1.54) is 11.0 Å². The minimum Gasteiger partial charge on any atom is -0.484 e. The van der Waals surface area contributed by atoms with E-state index in [2.05, 4.69) is 5.32 Å². The molecule has 0 bridgehead atoms. The summed E-state index contributed by atoms with van der Waals surface area (Å²) in [5.41, 5.74) is 3.18. The van der Waals surface area contributed by atoms with E-state index in [1.807, 2.05) is 32.0 Å². The summed E-state index contributed by atoms with van der Waals surface area (Å²) < 4.78 is 10.8. The average Bonchev–Trinajstić information content (AvgIpc) is 2.81. The van der Waals surface area contributed by atoms with Crippen molar-refractivity contribution in [3.05, 3.63) is 64.7 Å². The summed E-state index contributed by atoms with van der Waals surface area (Å²) in [4.78, 5) is 41.0. The Balaban J connectivity index is 1.47. The quantitative estimate of drug-likeness (QED) is 0.403.